The molecule has 4 rings (SSSR count). The molecule has 0 spiro atoms. The van der Waals surface area contributed by atoms with Gasteiger partial charge in [0.1, 0.15) is 12.0 Å². The SMILES string of the molecule is CC(=O)N[C@H]1CCCN(c2ccnc3[nH]cc(-c4cncnc4)c23)C1. The third-order valence-electron chi connectivity index (χ3n) is 4.59. The van der Waals surface area contributed by atoms with Gasteiger partial charge in [-0.25, -0.2) is 15.0 Å². The second kappa shape index (κ2) is 6.51. The molecule has 25 heavy (non-hydrogen) atoms. The normalized spacial score (nSPS) is 17.6. The minimum absolute atomic E-state index is 0.0236. The quantitative estimate of drug-likeness (QED) is 0.765. The highest BCUT2D eigenvalue weighted by Crippen LogP contribution is 2.35. The zero-order valence-corrected chi connectivity index (χ0v) is 14.1. The van der Waals surface area contributed by atoms with Crippen LogP contribution in [-0.4, -0.2) is 45.0 Å². The van der Waals surface area contributed by atoms with Crippen LogP contribution in [0.2, 0.25) is 0 Å². The molecule has 128 valence electrons. The van der Waals surface area contributed by atoms with E-state index in [9.17, 15) is 4.79 Å². The minimum Gasteiger partial charge on any atom is -0.369 e. The van der Waals surface area contributed by atoms with E-state index < -0.39 is 0 Å². The van der Waals surface area contributed by atoms with Gasteiger partial charge in [-0.1, -0.05) is 0 Å². The van der Waals surface area contributed by atoms with Crippen molar-refractivity contribution in [3.8, 4) is 11.1 Å². The Morgan fingerprint density at radius 3 is 3.00 bits per heavy atom. The van der Waals surface area contributed by atoms with Crippen molar-refractivity contribution in [2.75, 3.05) is 18.0 Å². The summed E-state index contributed by atoms with van der Waals surface area (Å²) in [4.78, 5) is 29.7. The number of amides is 1. The lowest BCUT2D eigenvalue weighted by Crippen LogP contribution is -2.47. The number of anilines is 1. The van der Waals surface area contributed by atoms with E-state index in [-0.39, 0.29) is 11.9 Å². The lowest BCUT2D eigenvalue weighted by atomic mass is 10.0. The van der Waals surface area contributed by atoms with Gasteiger partial charge in [-0.05, 0) is 18.9 Å². The number of aromatic nitrogens is 4. The standard InChI is InChI=1S/C18H20N6O/c1-12(25)23-14-3-2-6-24(10-14)16-4-5-21-18-17(16)15(9-22-18)13-7-19-11-20-8-13/h4-5,7-9,11,14H,2-3,6,10H2,1H3,(H,21,22)(H,23,25)/t14-/m0/s1. The zero-order chi connectivity index (χ0) is 17.2. The van der Waals surface area contributed by atoms with E-state index in [0.717, 1.165) is 53.8 Å². The van der Waals surface area contributed by atoms with Crippen LogP contribution in [0.4, 0.5) is 5.69 Å². The van der Waals surface area contributed by atoms with Crippen LogP contribution in [0.3, 0.4) is 0 Å². The second-order valence-corrected chi connectivity index (χ2v) is 6.37. The van der Waals surface area contributed by atoms with Crippen molar-refractivity contribution in [2.45, 2.75) is 25.8 Å². The van der Waals surface area contributed by atoms with E-state index in [0.29, 0.717) is 0 Å². The molecule has 0 bridgehead atoms. The third kappa shape index (κ3) is 3.05. The fourth-order valence-corrected chi connectivity index (χ4v) is 3.57. The Labute approximate surface area is 145 Å². The van der Waals surface area contributed by atoms with Crippen molar-refractivity contribution in [3.63, 3.8) is 0 Å². The van der Waals surface area contributed by atoms with Crippen molar-refractivity contribution in [3.05, 3.63) is 37.2 Å². The topological polar surface area (TPSA) is 86.8 Å². The summed E-state index contributed by atoms with van der Waals surface area (Å²) in [7, 11) is 0. The van der Waals surface area contributed by atoms with E-state index in [1.165, 1.54) is 6.33 Å². The van der Waals surface area contributed by atoms with Crippen LogP contribution in [0, 0.1) is 0 Å². The highest BCUT2D eigenvalue weighted by atomic mass is 16.1. The van der Waals surface area contributed by atoms with E-state index in [4.69, 9.17) is 0 Å². The average molecular weight is 336 g/mol. The first-order valence-corrected chi connectivity index (χ1v) is 8.46. The summed E-state index contributed by atoms with van der Waals surface area (Å²) >= 11 is 0. The fourth-order valence-electron chi connectivity index (χ4n) is 3.57. The van der Waals surface area contributed by atoms with Crippen molar-refractivity contribution >= 4 is 22.6 Å². The Hall–Kier alpha value is -2.96. The number of aromatic amines is 1. The molecule has 0 aromatic carbocycles. The van der Waals surface area contributed by atoms with Crippen LogP contribution in [-0.2, 0) is 4.79 Å². The van der Waals surface area contributed by atoms with E-state index in [1.807, 2.05) is 30.9 Å². The van der Waals surface area contributed by atoms with Crippen molar-refractivity contribution in [1.29, 1.82) is 0 Å². The number of nitrogens with one attached hydrogen (secondary N) is 2. The summed E-state index contributed by atoms with van der Waals surface area (Å²) in [6.45, 7) is 3.34. The summed E-state index contributed by atoms with van der Waals surface area (Å²) in [5, 5.41) is 4.12. The van der Waals surface area contributed by atoms with Crippen LogP contribution in [0.5, 0.6) is 0 Å². The number of nitrogens with zero attached hydrogens (tertiary/aromatic N) is 4. The van der Waals surface area contributed by atoms with Gasteiger partial charge in [0, 0.05) is 67.7 Å². The predicted octanol–water partition coefficient (Wildman–Crippen LogP) is 2.12. The molecule has 2 N–H and O–H groups in total. The summed E-state index contributed by atoms with van der Waals surface area (Å²) < 4.78 is 0. The minimum atomic E-state index is 0.0236. The number of carbonyl (C=O) groups excluding carboxylic acids is 1. The van der Waals surface area contributed by atoms with Gasteiger partial charge in [-0.15, -0.1) is 0 Å². The summed E-state index contributed by atoms with van der Waals surface area (Å²) in [5.41, 5.74) is 3.97. The van der Waals surface area contributed by atoms with Gasteiger partial charge in [0.2, 0.25) is 5.91 Å². The maximum Gasteiger partial charge on any atom is 0.217 e. The number of H-pyrrole nitrogens is 1. The molecular weight excluding hydrogens is 316 g/mol. The summed E-state index contributed by atoms with van der Waals surface area (Å²) in [6.07, 6.45) is 11.0. The summed E-state index contributed by atoms with van der Waals surface area (Å²) in [5.74, 6) is 0.0236. The number of hydrogen-bond donors (Lipinski definition) is 2. The number of carbonyl (C=O) groups is 1. The van der Waals surface area contributed by atoms with Crippen LogP contribution < -0.4 is 10.2 Å². The Balaban J connectivity index is 1.74. The Morgan fingerprint density at radius 2 is 2.20 bits per heavy atom. The first-order valence-electron chi connectivity index (χ1n) is 8.46. The lowest BCUT2D eigenvalue weighted by molar-refractivity contribution is -0.119. The molecule has 3 aromatic heterocycles. The molecule has 1 aliphatic rings. The van der Waals surface area contributed by atoms with Gasteiger partial charge < -0.3 is 15.2 Å². The van der Waals surface area contributed by atoms with E-state index in [2.05, 4.69) is 30.2 Å². The highest BCUT2D eigenvalue weighted by Gasteiger charge is 2.23. The van der Waals surface area contributed by atoms with Crippen molar-refractivity contribution < 1.29 is 4.79 Å². The number of pyridine rings is 1. The fraction of sp³-hybridized carbons (Fsp3) is 0.333. The predicted molar refractivity (Wildman–Crippen MR) is 96.2 cm³/mol. The van der Waals surface area contributed by atoms with Gasteiger partial charge in [0.15, 0.2) is 0 Å². The molecule has 0 saturated carbocycles. The molecule has 1 saturated heterocycles. The largest absolute Gasteiger partial charge is 0.369 e. The smallest absolute Gasteiger partial charge is 0.217 e. The third-order valence-corrected chi connectivity index (χ3v) is 4.59. The van der Waals surface area contributed by atoms with Crippen LogP contribution >= 0.6 is 0 Å². The van der Waals surface area contributed by atoms with Crippen LogP contribution in [0.1, 0.15) is 19.8 Å². The van der Waals surface area contributed by atoms with Gasteiger partial charge in [-0.2, -0.15) is 0 Å². The molecule has 0 radical (unpaired) electrons. The van der Waals surface area contributed by atoms with Gasteiger partial charge in [0.05, 0.1) is 5.39 Å². The maximum atomic E-state index is 11.4. The molecule has 0 unspecified atom stereocenters. The van der Waals surface area contributed by atoms with E-state index in [1.54, 1.807) is 6.92 Å². The number of piperidine rings is 1. The Bertz CT molecular complexity index is 891. The monoisotopic (exact) mass is 336 g/mol. The molecule has 1 atom stereocenters. The van der Waals surface area contributed by atoms with Crippen LogP contribution in [0.25, 0.3) is 22.2 Å². The number of fused-ring (bicyclic) bond motifs is 1. The lowest BCUT2D eigenvalue weighted by Gasteiger charge is -2.35. The van der Waals surface area contributed by atoms with Gasteiger partial charge in [0.25, 0.3) is 0 Å². The number of rotatable bonds is 3. The zero-order valence-electron chi connectivity index (χ0n) is 14.1. The Morgan fingerprint density at radius 1 is 1.36 bits per heavy atom. The Kier molecular flexibility index (Phi) is 4.05. The molecular formula is C18H20N6O. The second-order valence-electron chi connectivity index (χ2n) is 6.37. The molecule has 1 aliphatic heterocycles. The molecule has 4 heterocycles. The maximum absolute atomic E-state index is 11.4. The molecule has 3 aromatic rings. The van der Waals surface area contributed by atoms with E-state index >= 15 is 0 Å². The molecule has 7 nitrogen and oxygen atoms in total. The molecule has 1 fully saturated rings. The average Bonchev–Trinajstić information content (AvgIpc) is 3.06. The molecule has 1 amide bonds. The first-order chi connectivity index (χ1) is 12.2. The molecule has 0 aliphatic carbocycles. The van der Waals surface area contributed by atoms with Gasteiger partial charge >= 0.3 is 0 Å². The van der Waals surface area contributed by atoms with Crippen LogP contribution in [0.15, 0.2) is 37.2 Å². The summed E-state index contributed by atoms with van der Waals surface area (Å²) in [6, 6.07) is 2.22. The van der Waals surface area contributed by atoms with Gasteiger partial charge in [-0.3, -0.25) is 4.79 Å². The van der Waals surface area contributed by atoms with Crippen molar-refractivity contribution in [1.82, 2.24) is 25.3 Å². The number of hydrogen-bond acceptors (Lipinski definition) is 5. The molecule has 7 heteroatoms. The highest BCUT2D eigenvalue weighted by molar-refractivity contribution is 6.02. The first kappa shape index (κ1) is 15.6. The van der Waals surface area contributed by atoms with Crippen molar-refractivity contribution in [2.24, 2.45) is 0 Å².